The minimum absolute atomic E-state index is 0.0465. The van der Waals surface area contributed by atoms with Crippen molar-refractivity contribution in [1.82, 2.24) is 0 Å². The zero-order valence-corrected chi connectivity index (χ0v) is 55.2. The van der Waals surface area contributed by atoms with Gasteiger partial charge in [0.05, 0.1) is 13.2 Å². The van der Waals surface area contributed by atoms with Crippen molar-refractivity contribution in [2.45, 2.75) is 290 Å². The second-order valence-corrected chi connectivity index (χ2v) is 23.7. The largest absolute Gasteiger partial charge is 0.472 e. The highest BCUT2D eigenvalue weighted by molar-refractivity contribution is 7.47. The maximum Gasteiger partial charge on any atom is 0.472 e. The summed E-state index contributed by atoms with van der Waals surface area (Å²) in [4.78, 5) is 35.4. The number of ether oxygens (including phenoxy) is 2. The molecule has 0 amide bonds. The molecule has 2 unspecified atom stereocenters. The van der Waals surface area contributed by atoms with Crippen LogP contribution in [0.25, 0.3) is 0 Å². The zero-order valence-electron chi connectivity index (χ0n) is 54.3. The molecule has 0 aromatic heterocycles. The summed E-state index contributed by atoms with van der Waals surface area (Å²) in [6, 6.07) is 0. The monoisotopic (exact) mass is 1200 g/mol. The average molecular weight is 1200 g/mol. The number of unbranched alkanes of at least 4 members (excludes halogenated alkanes) is 26. The van der Waals surface area contributed by atoms with E-state index in [1.54, 1.807) is 0 Å². The Morgan fingerprint density at radius 1 is 0.353 bits per heavy atom. The lowest BCUT2D eigenvalue weighted by Crippen LogP contribution is -2.29. The molecule has 2 atom stereocenters. The molecule has 0 saturated carbocycles. The van der Waals surface area contributed by atoms with E-state index in [0.717, 1.165) is 122 Å². The van der Waals surface area contributed by atoms with E-state index >= 15 is 0 Å². The maximum absolute atomic E-state index is 12.8. The van der Waals surface area contributed by atoms with Crippen LogP contribution in [0.4, 0.5) is 0 Å². The molecule has 0 aliphatic carbocycles. The Morgan fingerprint density at radius 3 is 0.906 bits per heavy atom. The van der Waals surface area contributed by atoms with Gasteiger partial charge in [-0.2, -0.15) is 0 Å². The number of phosphoric ester groups is 1. The smallest absolute Gasteiger partial charge is 0.462 e. The van der Waals surface area contributed by atoms with E-state index in [2.05, 4.69) is 160 Å². The van der Waals surface area contributed by atoms with Gasteiger partial charge in [-0.05, 0) is 116 Å². The minimum Gasteiger partial charge on any atom is -0.462 e. The first-order valence-corrected chi connectivity index (χ1v) is 35.8. The van der Waals surface area contributed by atoms with Crippen molar-refractivity contribution < 1.29 is 37.6 Å². The third-order valence-corrected chi connectivity index (χ3v) is 15.2. The molecule has 0 rings (SSSR count). The van der Waals surface area contributed by atoms with Gasteiger partial charge in [-0.1, -0.05) is 301 Å². The minimum atomic E-state index is -4.40. The molecule has 0 aliphatic heterocycles. The molecule has 0 fully saturated rings. The van der Waals surface area contributed by atoms with Crippen LogP contribution < -0.4 is 5.73 Å². The molecule has 3 N–H and O–H groups in total. The van der Waals surface area contributed by atoms with E-state index in [4.69, 9.17) is 24.3 Å². The first-order chi connectivity index (χ1) is 41.8. The predicted octanol–water partition coefficient (Wildman–Crippen LogP) is 22.6. The lowest BCUT2D eigenvalue weighted by Gasteiger charge is -2.19. The van der Waals surface area contributed by atoms with Crippen LogP contribution >= 0.6 is 7.82 Å². The first kappa shape index (κ1) is 80.9. The fraction of sp³-hybridized carbons (Fsp3) is 0.653. The summed E-state index contributed by atoms with van der Waals surface area (Å²) in [6.45, 7) is 3.52. The van der Waals surface area contributed by atoms with Gasteiger partial charge in [0.15, 0.2) is 6.10 Å². The summed E-state index contributed by atoms with van der Waals surface area (Å²) >= 11 is 0. The highest BCUT2D eigenvalue weighted by Gasteiger charge is 2.26. The Labute approximate surface area is 522 Å². The summed E-state index contributed by atoms with van der Waals surface area (Å²) in [7, 11) is -4.40. The van der Waals surface area contributed by atoms with Crippen molar-refractivity contribution in [1.29, 1.82) is 0 Å². The topological polar surface area (TPSA) is 134 Å². The number of carbonyl (C=O) groups is 2. The van der Waals surface area contributed by atoms with E-state index in [9.17, 15) is 19.0 Å². The number of esters is 2. The summed E-state index contributed by atoms with van der Waals surface area (Å²) in [5, 5.41) is 0. The Hall–Kier alpha value is -4.11. The quantitative estimate of drug-likeness (QED) is 0.0264. The van der Waals surface area contributed by atoms with Crippen LogP contribution in [-0.2, 0) is 32.7 Å². The molecule has 484 valence electrons. The first-order valence-electron chi connectivity index (χ1n) is 34.3. The van der Waals surface area contributed by atoms with Crippen LogP contribution in [0.15, 0.2) is 146 Å². The number of rotatable bonds is 63. The standard InChI is InChI=1S/C75H126NO8P/c1-3-5-7-9-11-13-15-17-19-21-23-25-27-29-31-33-35-36-38-39-41-43-45-47-49-51-53-55-57-59-61-63-65-67-74(77)81-71-73(72-83-85(79,80)82-70-69-76)84-75(78)68-66-64-62-60-58-56-54-52-50-48-46-44-42-40-37-34-32-30-28-26-24-22-20-18-16-14-12-10-8-6-4-2/h5-8,11-14,17-20,23-26,29-32,37,40,44,46,73H,3-4,9-10,15-16,21-22,27-28,33-36,38-39,41-43,45,47-72,76H2,1-2H3,(H,79,80)/b7-5-,8-6-,13-11-,14-12-,19-17-,20-18-,25-23-,26-24-,31-29-,32-30-,40-37-,46-44-. The summed E-state index contributed by atoms with van der Waals surface area (Å²) in [5.74, 6) is -0.835. The number of allylic oxidation sites excluding steroid dienone is 24. The number of nitrogens with two attached hydrogens (primary N) is 1. The number of hydrogen-bond donors (Lipinski definition) is 2. The van der Waals surface area contributed by atoms with Crippen LogP contribution in [0.1, 0.15) is 284 Å². The van der Waals surface area contributed by atoms with Crippen molar-refractivity contribution in [2.24, 2.45) is 5.73 Å². The number of hydrogen-bond acceptors (Lipinski definition) is 8. The molecule has 0 bridgehead atoms. The van der Waals surface area contributed by atoms with Gasteiger partial charge in [0.1, 0.15) is 6.61 Å². The molecular weight excluding hydrogens is 1070 g/mol. The molecule has 0 heterocycles. The normalized spacial score (nSPS) is 13.9. The lowest BCUT2D eigenvalue weighted by atomic mass is 10.0. The molecule has 0 saturated heterocycles. The Morgan fingerprint density at radius 2 is 0.612 bits per heavy atom. The van der Waals surface area contributed by atoms with Crippen LogP contribution in [0.2, 0.25) is 0 Å². The van der Waals surface area contributed by atoms with E-state index in [1.165, 1.54) is 128 Å². The Kier molecular flexibility index (Phi) is 65.7. The van der Waals surface area contributed by atoms with Crippen molar-refractivity contribution in [3.05, 3.63) is 146 Å². The zero-order chi connectivity index (χ0) is 61.6. The predicted molar refractivity (Wildman–Crippen MR) is 367 cm³/mol. The Balaban J connectivity index is 3.93. The number of phosphoric acid groups is 1. The highest BCUT2D eigenvalue weighted by atomic mass is 31.2. The van der Waals surface area contributed by atoms with Crippen molar-refractivity contribution in [3.63, 3.8) is 0 Å². The lowest BCUT2D eigenvalue weighted by molar-refractivity contribution is -0.161. The van der Waals surface area contributed by atoms with Gasteiger partial charge in [-0.25, -0.2) is 4.57 Å². The van der Waals surface area contributed by atoms with E-state index in [1.807, 2.05) is 0 Å². The molecule has 0 aromatic carbocycles. The SMILES string of the molecule is CC/C=C\C/C=C\C/C=C\C/C=C\C/C=C\C/C=C\C/C=C\CCCCCCCCCCCC(=O)OC(COC(=O)CCCCCCCCCCCCCCCCCCC/C=C\C/C=C\C/C=C\C/C=C\C/C=C\CC)COP(=O)(O)OCCN. The molecule has 10 heteroatoms. The van der Waals surface area contributed by atoms with Gasteiger partial charge >= 0.3 is 19.8 Å². The third-order valence-electron chi connectivity index (χ3n) is 14.2. The highest BCUT2D eigenvalue weighted by Crippen LogP contribution is 2.43. The van der Waals surface area contributed by atoms with Gasteiger partial charge < -0.3 is 20.1 Å². The van der Waals surface area contributed by atoms with Crippen LogP contribution in [0, 0.1) is 0 Å². The molecule has 0 aromatic rings. The van der Waals surface area contributed by atoms with Crippen molar-refractivity contribution in [3.8, 4) is 0 Å². The van der Waals surface area contributed by atoms with Gasteiger partial charge in [0, 0.05) is 19.4 Å². The van der Waals surface area contributed by atoms with E-state index in [-0.39, 0.29) is 38.6 Å². The summed E-state index contributed by atoms with van der Waals surface area (Å²) < 4.78 is 33.2. The van der Waals surface area contributed by atoms with Crippen LogP contribution in [0.5, 0.6) is 0 Å². The fourth-order valence-electron chi connectivity index (χ4n) is 9.23. The molecular formula is C75H126NO8P. The average Bonchev–Trinajstić information content (AvgIpc) is 3.52. The Bertz CT molecular complexity index is 1900. The van der Waals surface area contributed by atoms with Crippen LogP contribution in [0.3, 0.4) is 0 Å². The summed E-state index contributed by atoms with van der Waals surface area (Å²) in [6.07, 6.45) is 99.3. The van der Waals surface area contributed by atoms with Crippen molar-refractivity contribution in [2.75, 3.05) is 26.4 Å². The molecule has 9 nitrogen and oxygen atoms in total. The van der Waals surface area contributed by atoms with Crippen molar-refractivity contribution >= 4 is 19.8 Å². The second kappa shape index (κ2) is 69.0. The molecule has 85 heavy (non-hydrogen) atoms. The van der Waals surface area contributed by atoms with Crippen LogP contribution in [-0.4, -0.2) is 49.3 Å². The van der Waals surface area contributed by atoms with Gasteiger partial charge in [-0.15, -0.1) is 0 Å². The van der Waals surface area contributed by atoms with Gasteiger partial charge in [0.25, 0.3) is 0 Å². The maximum atomic E-state index is 12.8. The second-order valence-electron chi connectivity index (χ2n) is 22.3. The van der Waals surface area contributed by atoms with E-state index < -0.39 is 26.5 Å². The molecule has 0 spiro atoms. The summed E-state index contributed by atoms with van der Waals surface area (Å²) in [5.41, 5.74) is 5.40. The third kappa shape index (κ3) is 68.9. The number of carbonyl (C=O) groups excluding carboxylic acids is 2. The molecule has 0 radical (unpaired) electrons. The fourth-order valence-corrected chi connectivity index (χ4v) is 10.00. The molecule has 0 aliphatic rings. The van der Waals surface area contributed by atoms with E-state index in [0.29, 0.717) is 6.42 Å². The van der Waals surface area contributed by atoms with Gasteiger partial charge in [-0.3, -0.25) is 18.6 Å². The van der Waals surface area contributed by atoms with Gasteiger partial charge in [0.2, 0.25) is 0 Å².